The largest absolute Gasteiger partial charge is 0.494 e. The fourth-order valence-corrected chi connectivity index (χ4v) is 2.19. The van der Waals surface area contributed by atoms with E-state index in [4.69, 9.17) is 9.47 Å². The lowest BCUT2D eigenvalue weighted by Gasteiger charge is -2.11. The topological polar surface area (TPSA) is 47.6 Å². The summed E-state index contributed by atoms with van der Waals surface area (Å²) in [4.78, 5) is 12.5. The van der Waals surface area contributed by atoms with Gasteiger partial charge in [0.05, 0.1) is 13.2 Å². The number of carbonyl (C=O) groups excluding carboxylic acids is 1. The van der Waals surface area contributed by atoms with Crippen LogP contribution in [0.1, 0.15) is 44.0 Å². The second-order valence-electron chi connectivity index (χ2n) is 6.42. The molecule has 0 saturated heterocycles. The number of unbranched alkanes of at least 4 members (excludes halogenated alkanes) is 1. The maximum absolute atomic E-state index is 12.5. The Hall–Kier alpha value is -2.49. The second kappa shape index (κ2) is 9.72. The van der Waals surface area contributed by atoms with E-state index in [0.29, 0.717) is 36.1 Å². The molecule has 0 spiro atoms. The summed E-state index contributed by atoms with van der Waals surface area (Å²) in [7, 11) is 0. The average Bonchev–Trinajstić information content (AvgIpc) is 2.61. The van der Waals surface area contributed by atoms with Crippen LogP contribution in [0.15, 0.2) is 48.5 Å². The highest BCUT2D eigenvalue weighted by atomic mass is 16.5. The Morgan fingerprint density at radius 3 is 2.48 bits per heavy atom. The van der Waals surface area contributed by atoms with Gasteiger partial charge in [0, 0.05) is 17.3 Å². The first-order chi connectivity index (χ1) is 12.1. The summed E-state index contributed by atoms with van der Waals surface area (Å²) in [5.41, 5.74) is 1.28. The van der Waals surface area contributed by atoms with Crippen LogP contribution in [0.4, 0.5) is 5.69 Å². The molecule has 1 amide bonds. The maximum atomic E-state index is 12.5. The van der Waals surface area contributed by atoms with E-state index in [9.17, 15) is 4.79 Å². The fourth-order valence-electron chi connectivity index (χ4n) is 2.19. The molecule has 0 aromatic heterocycles. The standard InChI is InChI=1S/C21H27NO3/c1-4-5-12-24-20-11-7-9-18(14-20)22-21(23)17-8-6-10-19(13-17)25-15-16(2)3/h6-11,13-14,16H,4-5,12,15H2,1-3H3,(H,22,23). The van der Waals surface area contributed by atoms with Gasteiger partial charge in [-0.05, 0) is 42.7 Å². The number of anilines is 1. The van der Waals surface area contributed by atoms with Gasteiger partial charge in [0.25, 0.3) is 5.91 Å². The molecule has 0 aliphatic carbocycles. The first kappa shape index (κ1) is 18.8. The van der Waals surface area contributed by atoms with E-state index in [1.807, 2.05) is 36.4 Å². The van der Waals surface area contributed by atoms with E-state index < -0.39 is 0 Å². The lowest BCUT2D eigenvalue weighted by molar-refractivity contribution is 0.102. The van der Waals surface area contributed by atoms with Crippen LogP contribution < -0.4 is 14.8 Å². The van der Waals surface area contributed by atoms with Crippen molar-refractivity contribution in [1.29, 1.82) is 0 Å². The fraction of sp³-hybridized carbons (Fsp3) is 0.381. The number of benzene rings is 2. The van der Waals surface area contributed by atoms with Crippen molar-refractivity contribution < 1.29 is 14.3 Å². The van der Waals surface area contributed by atoms with Crippen LogP contribution in [0, 0.1) is 5.92 Å². The predicted molar refractivity (Wildman–Crippen MR) is 102 cm³/mol. The van der Waals surface area contributed by atoms with Crippen LogP contribution in [0.5, 0.6) is 11.5 Å². The van der Waals surface area contributed by atoms with Crippen molar-refractivity contribution >= 4 is 11.6 Å². The molecule has 4 heteroatoms. The summed E-state index contributed by atoms with van der Waals surface area (Å²) in [6.07, 6.45) is 2.10. The lowest BCUT2D eigenvalue weighted by atomic mass is 10.2. The molecule has 0 heterocycles. The molecule has 0 aliphatic heterocycles. The van der Waals surface area contributed by atoms with Crippen LogP contribution in [0.2, 0.25) is 0 Å². The molecule has 25 heavy (non-hydrogen) atoms. The van der Waals surface area contributed by atoms with Gasteiger partial charge in [0.15, 0.2) is 0 Å². The maximum Gasteiger partial charge on any atom is 0.255 e. The Kier molecular flexibility index (Phi) is 7.33. The summed E-state index contributed by atoms with van der Waals surface area (Å²) in [6, 6.07) is 14.7. The van der Waals surface area contributed by atoms with Crippen LogP contribution in [0.3, 0.4) is 0 Å². The number of ether oxygens (including phenoxy) is 2. The lowest BCUT2D eigenvalue weighted by Crippen LogP contribution is -2.12. The van der Waals surface area contributed by atoms with Gasteiger partial charge >= 0.3 is 0 Å². The van der Waals surface area contributed by atoms with Crippen LogP contribution in [-0.2, 0) is 0 Å². The quantitative estimate of drug-likeness (QED) is 0.641. The predicted octanol–water partition coefficient (Wildman–Crippen LogP) is 5.15. The van der Waals surface area contributed by atoms with E-state index >= 15 is 0 Å². The molecule has 0 unspecified atom stereocenters. The third kappa shape index (κ3) is 6.49. The summed E-state index contributed by atoms with van der Waals surface area (Å²) in [5, 5.41) is 2.91. The van der Waals surface area contributed by atoms with Crippen molar-refractivity contribution in [2.45, 2.75) is 33.6 Å². The van der Waals surface area contributed by atoms with Crippen molar-refractivity contribution in [3.8, 4) is 11.5 Å². The van der Waals surface area contributed by atoms with Crippen LogP contribution in [-0.4, -0.2) is 19.1 Å². The van der Waals surface area contributed by atoms with Crippen molar-refractivity contribution in [3.63, 3.8) is 0 Å². The molecular weight excluding hydrogens is 314 g/mol. The van der Waals surface area contributed by atoms with Gasteiger partial charge in [0.2, 0.25) is 0 Å². The highest BCUT2D eigenvalue weighted by Crippen LogP contribution is 2.20. The average molecular weight is 341 g/mol. The first-order valence-corrected chi connectivity index (χ1v) is 8.85. The molecule has 0 aliphatic rings. The van der Waals surface area contributed by atoms with Gasteiger partial charge in [-0.3, -0.25) is 4.79 Å². The van der Waals surface area contributed by atoms with Gasteiger partial charge in [-0.2, -0.15) is 0 Å². The molecule has 0 bridgehead atoms. The van der Waals surface area contributed by atoms with Crippen LogP contribution >= 0.6 is 0 Å². The highest BCUT2D eigenvalue weighted by Gasteiger charge is 2.08. The smallest absolute Gasteiger partial charge is 0.255 e. The SMILES string of the molecule is CCCCOc1cccc(NC(=O)c2cccc(OCC(C)C)c2)c1. The van der Waals surface area contributed by atoms with Crippen molar-refractivity contribution in [2.75, 3.05) is 18.5 Å². The summed E-state index contributed by atoms with van der Waals surface area (Å²) >= 11 is 0. The van der Waals surface area contributed by atoms with Gasteiger partial charge in [-0.25, -0.2) is 0 Å². The Morgan fingerprint density at radius 2 is 1.76 bits per heavy atom. The first-order valence-electron chi connectivity index (χ1n) is 8.85. The third-order valence-corrected chi connectivity index (χ3v) is 3.54. The zero-order chi connectivity index (χ0) is 18.1. The Labute approximate surface area is 150 Å². The molecule has 2 rings (SSSR count). The monoisotopic (exact) mass is 341 g/mol. The third-order valence-electron chi connectivity index (χ3n) is 3.54. The Balaban J connectivity index is 1.99. The Morgan fingerprint density at radius 1 is 1.04 bits per heavy atom. The van der Waals surface area contributed by atoms with E-state index in [1.165, 1.54) is 0 Å². The number of carbonyl (C=O) groups is 1. The summed E-state index contributed by atoms with van der Waals surface area (Å²) in [5.74, 6) is 1.74. The molecule has 0 atom stereocenters. The van der Waals surface area contributed by atoms with Crippen molar-refractivity contribution in [2.24, 2.45) is 5.92 Å². The number of rotatable bonds is 9. The van der Waals surface area contributed by atoms with Crippen LogP contribution in [0.25, 0.3) is 0 Å². The molecule has 2 aromatic carbocycles. The molecule has 4 nitrogen and oxygen atoms in total. The number of hydrogen-bond acceptors (Lipinski definition) is 3. The van der Waals surface area contributed by atoms with E-state index in [0.717, 1.165) is 18.6 Å². The molecular formula is C21H27NO3. The van der Waals surface area contributed by atoms with E-state index in [1.54, 1.807) is 12.1 Å². The second-order valence-corrected chi connectivity index (χ2v) is 6.42. The van der Waals surface area contributed by atoms with Crippen molar-refractivity contribution in [1.82, 2.24) is 0 Å². The molecule has 134 valence electrons. The highest BCUT2D eigenvalue weighted by molar-refractivity contribution is 6.04. The van der Waals surface area contributed by atoms with Gasteiger partial charge < -0.3 is 14.8 Å². The zero-order valence-corrected chi connectivity index (χ0v) is 15.2. The molecule has 1 N–H and O–H groups in total. The zero-order valence-electron chi connectivity index (χ0n) is 15.2. The Bertz CT molecular complexity index is 682. The summed E-state index contributed by atoms with van der Waals surface area (Å²) in [6.45, 7) is 7.61. The number of hydrogen-bond donors (Lipinski definition) is 1. The molecule has 0 radical (unpaired) electrons. The minimum atomic E-state index is -0.166. The van der Waals surface area contributed by atoms with Gasteiger partial charge in [-0.15, -0.1) is 0 Å². The van der Waals surface area contributed by atoms with E-state index in [2.05, 4.69) is 26.1 Å². The van der Waals surface area contributed by atoms with E-state index in [-0.39, 0.29) is 5.91 Å². The summed E-state index contributed by atoms with van der Waals surface area (Å²) < 4.78 is 11.4. The van der Waals surface area contributed by atoms with Gasteiger partial charge in [-0.1, -0.05) is 39.3 Å². The normalized spacial score (nSPS) is 10.6. The van der Waals surface area contributed by atoms with Gasteiger partial charge in [0.1, 0.15) is 11.5 Å². The molecule has 2 aromatic rings. The number of nitrogens with one attached hydrogen (secondary N) is 1. The molecule has 0 fully saturated rings. The van der Waals surface area contributed by atoms with Crippen molar-refractivity contribution in [3.05, 3.63) is 54.1 Å². The number of amides is 1. The minimum absolute atomic E-state index is 0.166. The minimum Gasteiger partial charge on any atom is -0.494 e. The molecule has 0 saturated carbocycles.